The Labute approximate surface area is 158 Å². The van der Waals surface area contributed by atoms with Crippen LogP contribution < -0.4 is 10.6 Å². The summed E-state index contributed by atoms with van der Waals surface area (Å²) in [5.74, 6) is -1.23. The van der Waals surface area contributed by atoms with Gasteiger partial charge in [-0.15, -0.1) is 0 Å². The van der Waals surface area contributed by atoms with Gasteiger partial charge in [0.15, 0.2) is 0 Å². The van der Waals surface area contributed by atoms with E-state index in [1.165, 1.54) is 0 Å². The van der Waals surface area contributed by atoms with Crippen LogP contribution in [-0.2, 0) is 16.1 Å². The lowest BCUT2D eigenvalue weighted by atomic mass is 9.93. The van der Waals surface area contributed by atoms with Gasteiger partial charge in [-0.2, -0.15) is 0 Å². The predicted molar refractivity (Wildman–Crippen MR) is 102 cm³/mol. The van der Waals surface area contributed by atoms with Gasteiger partial charge in [0.05, 0.1) is 0 Å². The Morgan fingerprint density at radius 3 is 2.27 bits per heavy atom. The monoisotopic (exact) mass is 374 g/mol. The molecular formula is C20H23ClN2O3. The summed E-state index contributed by atoms with van der Waals surface area (Å²) in [5, 5.41) is 15.0. The summed E-state index contributed by atoms with van der Waals surface area (Å²) in [7, 11) is 0. The van der Waals surface area contributed by atoms with Gasteiger partial charge in [0.25, 0.3) is 0 Å². The second-order valence-corrected chi connectivity index (χ2v) is 6.35. The number of carbonyl (C=O) groups excluding carboxylic acids is 2. The van der Waals surface area contributed by atoms with E-state index in [0.717, 1.165) is 11.1 Å². The third-order valence-corrected chi connectivity index (χ3v) is 4.50. The molecule has 138 valence electrons. The fraction of sp³-hybridized carbons (Fsp3) is 0.300. The molecule has 0 saturated heterocycles. The van der Waals surface area contributed by atoms with Crippen molar-refractivity contribution in [2.75, 3.05) is 13.2 Å². The number of aliphatic hydroxyl groups excluding tert-OH is 1. The Bertz CT molecular complexity index is 722. The summed E-state index contributed by atoms with van der Waals surface area (Å²) in [5.41, 5.74) is 1.86. The fourth-order valence-electron chi connectivity index (χ4n) is 2.70. The molecule has 0 aromatic heterocycles. The number of hydrogen-bond donors (Lipinski definition) is 3. The van der Waals surface area contributed by atoms with Crippen LogP contribution in [0, 0.1) is 0 Å². The van der Waals surface area contributed by atoms with Gasteiger partial charge in [0.2, 0.25) is 0 Å². The van der Waals surface area contributed by atoms with E-state index in [1.807, 2.05) is 36.4 Å². The highest BCUT2D eigenvalue weighted by atomic mass is 35.5. The number of hydrogen-bond acceptors (Lipinski definition) is 3. The summed E-state index contributed by atoms with van der Waals surface area (Å²) in [6, 6.07) is 17.0. The standard InChI is InChI=1S/C20H23ClN2O3/c21-18-9-5-4-8-17(18)14-23-20(26)19(25)22-12-10-16(11-13-24)15-6-2-1-3-7-15/h1-9,16,24H,10-14H2,(H,22,25)(H,23,26). The molecule has 6 heteroatoms. The Hall–Kier alpha value is -2.37. The van der Waals surface area contributed by atoms with Gasteiger partial charge in [0, 0.05) is 24.7 Å². The summed E-state index contributed by atoms with van der Waals surface area (Å²) < 4.78 is 0. The van der Waals surface area contributed by atoms with E-state index in [1.54, 1.807) is 18.2 Å². The van der Waals surface area contributed by atoms with Crippen LogP contribution in [0.4, 0.5) is 0 Å². The van der Waals surface area contributed by atoms with Crippen LogP contribution in [0.3, 0.4) is 0 Å². The predicted octanol–water partition coefficient (Wildman–Crippen LogP) is 2.63. The molecule has 0 saturated carbocycles. The maximum absolute atomic E-state index is 11.9. The minimum absolute atomic E-state index is 0.0752. The molecule has 2 aromatic carbocycles. The molecule has 2 aromatic rings. The second kappa shape index (κ2) is 10.6. The molecule has 1 unspecified atom stereocenters. The number of nitrogens with one attached hydrogen (secondary N) is 2. The Kier molecular flexibility index (Phi) is 8.12. The van der Waals surface area contributed by atoms with E-state index in [4.69, 9.17) is 11.6 Å². The lowest BCUT2D eigenvalue weighted by Gasteiger charge is -2.16. The molecule has 26 heavy (non-hydrogen) atoms. The van der Waals surface area contributed by atoms with Crippen molar-refractivity contribution in [3.63, 3.8) is 0 Å². The zero-order valence-corrected chi connectivity index (χ0v) is 15.2. The number of halogens is 1. The summed E-state index contributed by atoms with van der Waals surface area (Å²) in [4.78, 5) is 23.8. The molecule has 0 fully saturated rings. The van der Waals surface area contributed by atoms with Crippen molar-refractivity contribution in [2.45, 2.75) is 25.3 Å². The number of aliphatic hydroxyl groups is 1. The lowest BCUT2D eigenvalue weighted by molar-refractivity contribution is -0.139. The maximum atomic E-state index is 11.9. The van der Waals surface area contributed by atoms with Crippen LogP contribution in [0.15, 0.2) is 54.6 Å². The molecule has 2 rings (SSSR count). The van der Waals surface area contributed by atoms with Gasteiger partial charge >= 0.3 is 11.8 Å². The largest absolute Gasteiger partial charge is 0.396 e. The average molecular weight is 375 g/mol. The van der Waals surface area contributed by atoms with Crippen molar-refractivity contribution in [3.8, 4) is 0 Å². The summed E-state index contributed by atoms with van der Waals surface area (Å²) in [6.45, 7) is 0.632. The van der Waals surface area contributed by atoms with Gasteiger partial charge in [-0.1, -0.05) is 60.1 Å². The van der Waals surface area contributed by atoms with E-state index in [0.29, 0.717) is 24.4 Å². The number of carbonyl (C=O) groups is 2. The smallest absolute Gasteiger partial charge is 0.309 e. The zero-order chi connectivity index (χ0) is 18.8. The van der Waals surface area contributed by atoms with Crippen molar-refractivity contribution in [1.82, 2.24) is 10.6 Å². The van der Waals surface area contributed by atoms with E-state index in [2.05, 4.69) is 10.6 Å². The summed E-state index contributed by atoms with van der Waals surface area (Å²) in [6.07, 6.45) is 1.26. The molecule has 1 atom stereocenters. The highest BCUT2D eigenvalue weighted by molar-refractivity contribution is 6.35. The van der Waals surface area contributed by atoms with Crippen LogP contribution in [0.25, 0.3) is 0 Å². The van der Waals surface area contributed by atoms with E-state index in [-0.39, 0.29) is 19.1 Å². The van der Waals surface area contributed by atoms with E-state index in [9.17, 15) is 14.7 Å². The Balaban J connectivity index is 1.78. The van der Waals surface area contributed by atoms with Crippen LogP contribution in [0.2, 0.25) is 5.02 Å². The van der Waals surface area contributed by atoms with E-state index < -0.39 is 11.8 Å². The van der Waals surface area contributed by atoms with Gasteiger partial charge < -0.3 is 15.7 Å². The van der Waals surface area contributed by atoms with Gasteiger partial charge in [-0.25, -0.2) is 0 Å². The van der Waals surface area contributed by atoms with Gasteiger partial charge in [-0.05, 0) is 36.0 Å². The first-order chi connectivity index (χ1) is 12.6. The van der Waals surface area contributed by atoms with Crippen molar-refractivity contribution in [3.05, 3.63) is 70.7 Å². The minimum Gasteiger partial charge on any atom is -0.396 e. The third kappa shape index (κ3) is 6.17. The molecule has 0 spiro atoms. The molecule has 0 radical (unpaired) electrons. The summed E-state index contributed by atoms with van der Waals surface area (Å²) >= 11 is 6.02. The van der Waals surface area contributed by atoms with Crippen molar-refractivity contribution < 1.29 is 14.7 Å². The van der Waals surface area contributed by atoms with Crippen LogP contribution in [-0.4, -0.2) is 30.1 Å². The van der Waals surface area contributed by atoms with Crippen LogP contribution in [0.1, 0.15) is 29.9 Å². The quantitative estimate of drug-likeness (QED) is 0.621. The molecule has 3 N–H and O–H groups in total. The van der Waals surface area contributed by atoms with Crippen molar-refractivity contribution >= 4 is 23.4 Å². The number of rotatable bonds is 8. The number of amides is 2. The topological polar surface area (TPSA) is 78.4 Å². The SMILES string of the molecule is O=C(NCCC(CCO)c1ccccc1)C(=O)NCc1ccccc1Cl. The van der Waals surface area contributed by atoms with Crippen LogP contribution >= 0.6 is 11.6 Å². The first-order valence-corrected chi connectivity index (χ1v) is 8.95. The second-order valence-electron chi connectivity index (χ2n) is 5.94. The van der Waals surface area contributed by atoms with Gasteiger partial charge in [0.1, 0.15) is 0 Å². The van der Waals surface area contributed by atoms with Gasteiger partial charge in [-0.3, -0.25) is 9.59 Å². The average Bonchev–Trinajstić information content (AvgIpc) is 2.67. The minimum atomic E-state index is -0.691. The highest BCUT2D eigenvalue weighted by Crippen LogP contribution is 2.22. The molecule has 0 aliphatic carbocycles. The molecule has 0 bridgehead atoms. The molecule has 0 heterocycles. The molecule has 5 nitrogen and oxygen atoms in total. The maximum Gasteiger partial charge on any atom is 0.309 e. The lowest BCUT2D eigenvalue weighted by Crippen LogP contribution is -2.40. The number of benzene rings is 2. The fourth-order valence-corrected chi connectivity index (χ4v) is 2.90. The molecular weight excluding hydrogens is 352 g/mol. The zero-order valence-electron chi connectivity index (χ0n) is 14.5. The van der Waals surface area contributed by atoms with Crippen molar-refractivity contribution in [2.24, 2.45) is 0 Å². The third-order valence-electron chi connectivity index (χ3n) is 4.13. The molecule has 0 aliphatic rings. The van der Waals surface area contributed by atoms with E-state index >= 15 is 0 Å². The first kappa shape index (κ1) is 19.9. The van der Waals surface area contributed by atoms with Crippen LogP contribution in [0.5, 0.6) is 0 Å². The molecule has 0 aliphatic heterocycles. The Morgan fingerprint density at radius 2 is 1.58 bits per heavy atom. The Morgan fingerprint density at radius 1 is 0.923 bits per heavy atom. The van der Waals surface area contributed by atoms with Crippen molar-refractivity contribution in [1.29, 1.82) is 0 Å². The first-order valence-electron chi connectivity index (χ1n) is 8.57. The normalized spacial score (nSPS) is 11.6. The molecule has 2 amide bonds. The highest BCUT2D eigenvalue weighted by Gasteiger charge is 2.15.